The molecular formula is C17H24N2O2. The first kappa shape index (κ1) is 15.6. The van der Waals surface area contributed by atoms with E-state index in [1.54, 1.807) is 6.92 Å². The van der Waals surface area contributed by atoms with Gasteiger partial charge in [0.25, 0.3) is 5.91 Å². The van der Waals surface area contributed by atoms with E-state index in [-0.39, 0.29) is 17.4 Å². The number of aromatic nitrogens is 1. The van der Waals surface area contributed by atoms with Crippen molar-refractivity contribution < 1.29 is 9.90 Å². The van der Waals surface area contributed by atoms with Gasteiger partial charge < -0.3 is 15.0 Å². The maximum Gasteiger partial charge on any atom is 0.267 e. The lowest BCUT2D eigenvalue weighted by molar-refractivity contribution is 0.0894. The second kappa shape index (κ2) is 5.90. The first-order valence-electron chi connectivity index (χ1n) is 7.31. The van der Waals surface area contributed by atoms with Gasteiger partial charge in [-0.2, -0.15) is 0 Å². The fourth-order valence-electron chi connectivity index (χ4n) is 2.79. The maximum atomic E-state index is 12.4. The third-order valence-electron chi connectivity index (χ3n) is 3.76. The molecule has 4 heteroatoms. The molecule has 0 aliphatic carbocycles. The van der Waals surface area contributed by atoms with Gasteiger partial charge in [0, 0.05) is 24.5 Å². The summed E-state index contributed by atoms with van der Waals surface area (Å²) in [6.07, 6.45) is 0.289. The zero-order valence-electron chi connectivity index (χ0n) is 13.2. The lowest BCUT2D eigenvalue weighted by Crippen LogP contribution is -2.36. The molecule has 2 rings (SSSR count). The molecule has 0 spiro atoms. The molecule has 1 aromatic heterocycles. The lowest BCUT2D eigenvalue weighted by atomic mass is 9.87. The van der Waals surface area contributed by atoms with Gasteiger partial charge in [-0.25, -0.2) is 0 Å². The van der Waals surface area contributed by atoms with Crippen molar-refractivity contribution in [3.8, 4) is 0 Å². The molecule has 2 aromatic rings. The molecule has 2 N–H and O–H groups in total. The average molecular weight is 288 g/mol. The Balaban J connectivity index is 2.11. The molecule has 0 bridgehead atoms. The van der Waals surface area contributed by atoms with Crippen molar-refractivity contribution in [2.24, 2.45) is 12.5 Å². The van der Waals surface area contributed by atoms with E-state index in [1.165, 1.54) is 0 Å². The predicted octanol–water partition coefficient (Wildman–Crippen LogP) is 2.71. The van der Waals surface area contributed by atoms with Crippen LogP contribution in [0.2, 0.25) is 0 Å². The molecule has 1 heterocycles. The van der Waals surface area contributed by atoms with Crippen molar-refractivity contribution in [3.05, 3.63) is 36.0 Å². The Bertz CT molecular complexity index is 641. The number of aliphatic hydroxyl groups excluding tert-OH is 1. The highest BCUT2D eigenvalue weighted by atomic mass is 16.3. The van der Waals surface area contributed by atoms with E-state index in [0.29, 0.717) is 18.7 Å². The average Bonchev–Trinajstić information content (AvgIpc) is 2.73. The van der Waals surface area contributed by atoms with Crippen molar-refractivity contribution in [2.75, 3.05) is 6.54 Å². The van der Waals surface area contributed by atoms with Crippen LogP contribution in [0.3, 0.4) is 0 Å². The predicted molar refractivity (Wildman–Crippen MR) is 85.3 cm³/mol. The molecular weight excluding hydrogens is 264 g/mol. The Morgan fingerprint density at radius 3 is 2.67 bits per heavy atom. The van der Waals surface area contributed by atoms with Crippen LogP contribution in [0.1, 0.15) is 37.7 Å². The number of nitrogens with zero attached hydrogens (tertiary/aromatic N) is 1. The number of carbonyl (C=O) groups excluding carboxylic acids is 1. The topological polar surface area (TPSA) is 54.3 Å². The van der Waals surface area contributed by atoms with E-state index < -0.39 is 0 Å². The number of amides is 1. The highest BCUT2D eigenvalue weighted by Gasteiger charge is 2.22. The number of para-hydroxylation sites is 1. The van der Waals surface area contributed by atoms with Crippen LogP contribution in [0, 0.1) is 5.41 Å². The van der Waals surface area contributed by atoms with E-state index in [4.69, 9.17) is 0 Å². The Morgan fingerprint density at radius 1 is 1.38 bits per heavy atom. The van der Waals surface area contributed by atoms with E-state index in [1.807, 2.05) is 55.8 Å². The summed E-state index contributed by atoms with van der Waals surface area (Å²) in [6.45, 7) is 6.40. The van der Waals surface area contributed by atoms with E-state index >= 15 is 0 Å². The number of rotatable bonds is 5. The van der Waals surface area contributed by atoms with Gasteiger partial charge in [-0.05, 0) is 30.9 Å². The van der Waals surface area contributed by atoms with Crippen LogP contribution in [0.15, 0.2) is 30.3 Å². The highest BCUT2D eigenvalue weighted by Crippen LogP contribution is 2.22. The van der Waals surface area contributed by atoms with Crippen LogP contribution in [0.25, 0.3) is 10.9 Å². The van der Waals surface area contributed by atoms with Gasteiger partial charge in [-0.15, -0.1) is 0 Å². The number of fused-ring (bicyclic) bond motifs is 1. The smallest absolute Gasteiger partial charge is 0.267 e. The summed E-state index contributed by atoms with van der Waals surface area (Å²) in [5, 5.41) is 13.5. The van der Waals surface area contributed by atoms with Gasteiger partial charge in [0.05, 0.1) is 6.10 Å². The van der Waals surface area contributed by atoms with Gasteiger partial charge in [0.15, 0.2) is 0 Å². The first-order valence-corrected chi connectivity index (χ1v) is 7.31. The minimum atomic E-state index is -0.366. The molecule has 0 aliphatic rings. The molecule has 0 radical (unpaired) electrons. The molecule has 0 fully saturated rings. The Hall–Kier alpha value is -1.81. The minimum Gasteiger partial charge on any atom is -0.393 e. The molecule has 21 heavy (non-hydrogen) atoms. The van der Waals surface area contributed by atoms with Crippen molar-refractivity contribution in [3.63, 3.8) is 0 Å². The summed E-state index contributed by atoms with van der Waals surface area (Å²) in [5.74, 6) is -0.0765. The number of hydrogen-bond acceptors (Lipinski definition) is 2. The summed E-state index contributed by atoms with van der Waals surface area (Å²) in [5.41, 5.74) is 1.57. The number of aliphatic hydroxyl groups is 1. The number of hydrogen-bond donors (Lipinski definition) is 2. The molecule has 1 amide bonds. The SMILES string of the molecule is CC(O)CC(C)(C)CNC(=O)c1cc2ccccc2n1C. The first-order chi connectivity index (χ1) is 9.80. The van der Waals surface area contributed by atoms with Gasteiger partial charge in [0.2, 0.25) is 0 Å². The highest BCUT2D eigenvalue weighted by molar-refractivity contribution is 5.98. The van der Waals surface area contributed by atoms with Crippen LogP contribution < -0.4 is 5.32 Å². The van der Waals surface area contributed by atoms with Crippen LogP contribution in [0.4, 0.5) is 0 Å². The minimum absolute atomic E-state index is 0.0765. The van der Waals surface area contributed by atoms with E-state index in [2.05, 4.69) is 5.32 Å². The fraction of sp³-hybridized carbons (Fsp3) is 0.471. The quantitative estimate of drug-likeness (QED) is 0.889. The van der Waals surface area contributed by atoms with Gasteiger partial charge in [-0.1, -0.05) is 32.0 Å². The number of carbonyl (C=O) groups is 1. The summed E-state index contributed by atoms with van der Waals surface area (Å²) in [7, 11) is 1.90. The summed E-state index contributed by atoms with van der Waals surface area (Å²) >= 11 is 0. The van der Waals surface area contributed by atoms with Crippen molar-refractivity contribution >= 4 is 16.8 Å². The second-order valence-electron chi connectivity index (χ2n) is 6.55. The fourth-order valence-corrected chi connectivity index (χ4v) is 2.79. The van der Waals surface area contributed by atoms with Crippen molar-refractivity contribution in [2.45, 2.75) is 33.3 Å². The number of aryl methyl sites for hydroxylation is 1. The zero-order valence-corrected chi connectivity index (χ0v) is 13.2. The monoisotopic (exact) mass is 288 g/mol. The Labute approximate surface area is 125 Å². The molecule has 4 nitrogen and oxygen atoms in total. The Morgan fingerprint density at radius 2 is 2.05 bits per heavy atom. The summed E-state index contributed by atoms with van der Waals surface area (Å²) < 4.78 is 1.91. The van der Waals surface area contributed by atoms with E-state index in [9.17, 15) is 9.90 Å². The molecule has 0 aliphatic heterocycles. The molecule has 0 saturated heterocycles. The largest absolute Gasteiger partial charge is 0.393 e. The van der Waals surface area contributed by atoms with Crippen molar-refractivity contribution in [1.29, 1.82) is 0 Å². The molecule has 1 atom stereocenters. The molecule has 114 valence electrons. The zero-order chi connectivity index (χ0) is 15.6. The Kier molecular flexibility index (Phi) is 4.37. The maximum absolute atomic E-state index is 12.4. The van der Waals surface area contributed by atoms with Gasteiger partial charge in [0.1, 0.15) is 5.69 Å². The van der Waals surface area contributed by atoms with Crippen LogP contribution in [-0.4, -0.2) is 28.2 Å². The molecule has 0 saturated carbocycles. The number of nitrogens with one attached hydrogen (secondary N) is 1. The lowest BCUT2D eigenvalue weighted by Gasteiger charge is -2.26. The van der Waals surface area contributed by atoms with Gasteiger partial charge >= 0.3 is 0 Å². The van der Waals surface area contributed by atoms with Crippen LogP contribution in [-0.2, 0) is 7.05 Å². The summed E-state index contributed by atoms with van der Waals surface area (Å²) in [6, 6.07) is 9.85. The van der Waals surface area contributed by atoms with Crippen LogP contribution >= 0.6 is 0 Å². The van der Waals surface area contributed by atoms with Crippen LogP contribution in [0.5, 0.6) is 0 Å². The van der Waals surface area contributed by atoms with Gasteiger partial charge in [-0.3, -0.25) is 4.79 Å². The standard InChI is InChI=1S/C17H24N2O2/c1-12(20)10-17(2,3)11-18-16(21)15-9-13-7-5-6-8-14(13)19(15)4/h5-9,12,20H,10-11H2,1-4H3,(H,18,21). The molecule has 1 aromatic carbocycles. The molecule has 1 unspecified atom stereocenters. The summed E-state index contributed by atoms with van der Waals surface area (Å²) in [4.78, 5) is 12.4. The van der Waals surface area contributed by atoms with E-state index in [0.717, 1.165) is 10.9 Å². The second-order valence-corrected chi connectivity index (χ2v) is 6.55. The normalized spacial score (nSPS) is 13.4. The third-order valence-corrected chi connectivity index (χ3v) is 3.76. The van der Waals surface area contributed by atoms with Crippen molar-refractivity contribution in [1.82, 2.24) is 9.88 Å². The third kappa shape index (κ3) is 3.64. The number of benzene rings is 1.